The fourth-order valence-electron chi connectivity index (χ4n) is 2.39. The summed E-state index contributed by atoms with van der Waals surface area (Å²) in [6, 6.07) is 7.85. The maximum absolute atomic E-state index is 5.96. The summed E-state index contributed by atoms with van der Waals surface area (Å²) < 4.78 is 5.60. The van der Waals surface area contributed by atoms with Gasteiger partial charge in [0, 0.05) is 35.8 Å². The molecule has 0 bridgehead atoms. The first-order valence-corrected chi connectivity index (χ1v) is 6.33. The Bertz CT molecular complexity index is 550. The summed E-state index contributed by atoms with van der Waals surface area (Å²) >= 11 is 0. The molecule has 0 aliphatic carbocycles. The average molecular weight is 243 g/mol. The molecule has 18 heavy (non-hydrogen) atoms. The molecule has 94 valence electrons. The standard InChI is InChI=1S/C14H17N3O/c15-13-5-1-4-12-11(13)6-7-16-14(12)17-9-10-3-2-8-18-10/h1,4-7,10H,2-3,8-9,15H2,(H,16,17). The zero-order valence-electron chi connectivity index (χ0n) is 10.2. The van der Waals surface area contributed by atoms with Crippen molar-refractivity contribution >= 4 is 22.3 Å². The predicted molar refractivity (Wildman–Crippen MR) is 73.6 cm³/mol. The van der Waals surface area contributed by atoms with Gasteiger partial charge in [0.2, 0.25) is 0 Å². The van der Waals surface area contributed by atoms with Crippen LogP contribution in [-0.2, 0) is 4.74 Å². The van der Waals surface area contributed by atoms with Crippen LogP contribution in [0.2, 0.25) is 0 Å². The van der Waals surface area contributed by atoms with Gasteiger partial charge in [0.15, 0.2) is 0 Å². The topological polar surface area (TPSA) is 60.2 Å². The lowest BCUT2D eigenvalue weighted by Gasteiger charge is -2.13. The lowest BCUT2D eigenvalue weighted by atomic mass is 10.1. The number of nitrogen functional groups attached to an aromatic ring is 1. The second-order valence-corrected chi connectivity index (χ2v) is 4.62. The van der Waals surface area contributed by atoms with E-state index in [9.17, 15) is 0 Å². The summed E-state index contributed by atoms with van der Waals surface area (Å²) in [7, 11) is 0. The van der Waals surface area contributed by atoms with Gasteiger partial charge in [-0.3, -0.25) is 0 Å². The largest absolute Gasteiger partial charge is 0.398 e. The molecule has 1 aromatic carbocycles. The van der Waals surface area contributed by atoms with E-state index in [1.165, 1.54) is 0 Å². The molecule has 1 aliphatic heterocycles. The third kappa shape index (κ3) is 2.11. The summed E-state index contributed by atoms with van der Waals surface area (Å²) in [5, 5.41) is 5.47. The molecule has 1 unspecified atom stereocenters. The van der Waals surface area contributed by atoms with E-state index in [2.05, 4.69) is 10.3 Å². The molecule has 3 N–H and O–H groups in total. The van der Waals surface area contributed by atoms with Crippen molar-refractivity contribution in [1.82, 2.24) is 4.98 Å². The number of nitrogens with one attached hydrogen (secondary N) is 1. The first kappa shape index (κ1) is 11.3. The van der Waals surface area contributed by atoms with Gasteiger partial charge in [0.1, 0.15) is 5.82 Å². The fraction of sp³-hybridized carbons (Fsp3) is 0.357. The number of benzene rings is 1. The third-order valence-corrected chi connectivity index (χ3v) is 3.36. The average Bonchev–Trinajstić information content (AvgIpc) is 2.90. The smallest absolute Gasteiger partial charge is 0.133 e. The maximum Gasteiger partial charge on any atom is 0.133 e. The third-order valence-electron chi connectivity index (χ3n) is 3.36. The van der Waals surface area contributed by atoms with Crippen molar-refractivity contribution in [2.24, 2.45) is 0 Å². The molecule has 1 fully saturated rings. The minimum absolute atomic E-state index is 0.308. The van der Waals surface area contributed by atoms with Crippen molar-refractivity contribution in [3.05, 3.63) is 30.5 Å². The van der Waals surface area contributed by atoms with Crippen molar-refractivity contribution in [2.45, 2.75) is 18.9 Å². The minimum Gasteiger partial charge on any atom is -0.398 e. The predicted octanol–water partition coefficient (Wildman–Crippen LogP) is 2.41. The van der Waals surface area contributed by atoms with Crippen LogP contribution in [0.3, 0.4) is 0 Å². The molecule has 1 atom stereocenters. The number of ether oxygens (including phenoxy) is 1. The highest BCUT2D eigenvalue weighted by Crippen LogP contribution is 2.25. The Morgan fingerprint density at radius 2 is 2.28 bits per heavy atom. The normalized spacial score (nSPS) is 19.2. The van der Waals surface area contributed by atoms with Crippen molar-refractivity contribution in [2.75, 3.05) is 24.2 Å². The number of hydrogen-bond acceptors (Lipinski definition) is 4. The molecule has 1 saturated heterocycles. The Labute approximate surface area is 106 Å². The highest BCUT2D eigenvalue weighted by molar-refractivity contribution is 5.99. The van der Waals surface area contributed by atoms with Crippen LogP contribution in [-0.4, -0.2) is 24.2 Å². The van der Waals surface area contributed by atoms with Crippen LogP contribution in [0.15, 0.2) is 30.5 Å². The summed E-state index contributed by atoms with van der Waals surface area (Å²) in [6.45, 7) is 1.68. The van der Waals surface area contributed by atoms with Crippen molar-refractivity contribution in [3.63, 3.8) is 0 Å². The number of fused-ring (bicyclic) bond motifs is 1. The number of pyridine rings is 1. The van der Waals surface area contributed by atoms with Crippen LogP contribution >= 0.6 is 0 Å². The zero-order chi connectivity index (χ0) is 12.4. The summed E-state index contributed by atoms with van der Waals surface area (Å²) in [4.78, 5) is 4.39. The van der Waals surface area contributed by atoms with Gasteiger partial charge >= 0.3 is 0 Å². The summed E-state index contributed by atoms with van der Waals surface area (Å²) in [5.41, 5.74) is 6.75. The van der Waals surface area contributed by atoms with Gasteiger partial charge < -0.3 is 15.8 Å². The molecule has 0 spiro atoms. The van der Waals surface area contributed by atoms with E-state index in [1.54, 1.807) is 6.20 Å². The molecule has 1 aromatic heterocycles. The SMILES string of the molecule is Nc1cccc2c(NCC3CCCO3)nccc12. The molecule has 1 aliphatic rings. The van der Waals surface area contributed by atoms with Crippen LogP contribution < -0.4 is 11.1 Å². The molecule has 4 heteroatoms. The second-order valence-electron chi connectivity index (χ2n) is 4.62. The molecule has 3 rings (SSSR count). The quantitative estimate of drug-likeness (QED) is 0.813. The highest BCUT2D eigenvalue weighted by atomic mass is 16.5. The minimum atomic E-state index is 0.308. The number of nitrogens with zero attached hydrogens (tertiary/aromatic N) is 1. The zero-order valence-corrected chi connectivity index (χ0v) is 10.2. The number of nitrogens with two attached hydrogens (primary N) is 1. The second kappa shape index (κ2) is 4.82. The van der Waals surface area contributed by atoms with Gasteiger partial charge in [0.05, 0.1) is 6.10 Å². The van der Waals surface area contributed by atoms with Crippen molar-refractivity contribution in [3.8, 4) is 0 Å². The van der Waals surface area contributed by atoms with Gasteiger partial charge in [-0.1, -0.05) is 12.1 Å². The molecule has 2 heterocycles. The molecule has 2 aromatic rings. The molecule has 0 radical (unpaired) electrons. The van der Waals surface area contributed by atoms with Gasteiger partial charge in [-0.05, 0) is 25.0 Å². The van der Waals surface area contributed by atoms with Gasteiger partial charge in [0.25, 0.3) is 0 Å². The highest BCUT2D eigenvalue weighted by Gasteiger charge is 2.15. The number of rotatable bonds is 3. The number of hydrogen-bond donors (Lipinski definition) is 2. The lowest BCUT2D eigenvalue weighted by molar-refractivity contribution is 0.120. The Morgan fingerprint density at radius 1 is 1.33 bits per heavy atom. The Hall–Kier alpha value is -1.81. The van der Waals surface area contributed by atoms with E-state index in [0.29, 0.717) is 6.10 Å². The van der Waals surface area contributed by atoms with E-state index >= 15 is 0 Å². The van der Waals surface area contributed by atoms with E-state index in [-0.39, 0.29) is 0 Å². The van der Waals surface area contributed by atoms with Crippen LogP contribution in [0.1, 0.15) is 12.8 Å². The summed E-state index contributed by atoms with van der Waals surface area (Å²) in [6.07, 6.45) is 4.38. The summed E-state index contributed by atoms with van der Waals surface area (Å²) in [5.74, 6) is 0.885. The molecular formula is C14H17N3O. The Kier molecular flexibility index (Phi) is 3.02. The van der Waals surface area contributed by atoms with Gasteiger partial charge in [-0.25, -0.2) is 4.98 Å². The van der Waals surface area contributed by atoms with E-state index in [4.69, 9.17) is 10.5 Å². The van der Waals surface area contributed by atoms with E-state index in [1.807, 2.05) is 24.3 Å². The first-order valence-electron chi connectivity index (χ1n) is 6.33. The number of aromatic nitrogens is 1. The molecule has 0 amide bonds. The van der Waals surface area contributed by atoms with Gasteiger partial charge in [-0.2, -0.15) is 0 Å². The van der Waals surface area contributed by atoms with Crippen LogP contribution in [0, 0.1) is 0 Å². The number of anilines is 2. The van der Waals surface area contributed by atoms with Crippen LogP contribution in [0.25, 0.3) is 10.8 Å². The van der Waals surface area contributed by atoms with Gasteiger partial charge in [-0.15, -0.1) is 0 Å². The monoisotopic (exact) mass is 243 g/mol. The molecule has 4 nitrogen and oxygen atoms in total. The fourth-order valence-corrected chi connectivity index (χ4v) is 2.39. The lowest BCUT2D eigenvalue weighted by Crippen LogP contribution is -2.19. The Balaban J connectivity index is 1.85. The van der Waals surface area contributed by atoms with E-state index < -0.39 is 0 Å². The Morgan fingerprint density at radius 3 is 3.11 bits per heavy atom. The first-order chi connectivity index (χ1) is 8.84. The molecular weight excluding hydrogens is 226 g/mol. The maximum atomic E-state index is 5.96. The van der Waals surface area contributed by atoms with Crippen LogP contribution in [0.4, 0.5) is 11.5 Å². The van der Waals surface area contributed by atoms with E-state index in [0.717, 1.165) is 48.3 Å². The van der Waals surface area contributed by atoms with Crippen molar-refractivity contribution in [1.29, 1.82) is 0 Å². The molecule has 0 saturated carbocycles. The van der Waals surface area contributed by atoms with Crippen LogP contribution in [0.5, 0.6) is 0 Å². The van der Waals surface area contributed by atoms with Crippen molar-refractivity contribution < 1.29 is 4.74 Å².